The van der Waals surface area contributed by atoms with E-state index in [4.69, 9.17) is 0 Å². The number of halogens is 1. The van der Waals surface area contributed by atoms with Crippen LogP contribution in [-0.4, -0.2) is 9.55 Å². The summed E-state index contributed by atoms with van der Waals surface area (Å²) >= 11 is 0. The van der Waals surface area contributed by atoms with Gasteiger partial charge in [0, 0.05) is 6.04 Å². The second-order valence-electron chi connectivity index (χ2n) is 6.20. The topological polar surface area (TPSA) is 17.8 Å². The lowest BCUT2D eigenvalue weighted by atomic mass is 9.87. The van der Waals surface area contributed by atoms with E-state index in [2.05, 4.69) is 50.2 Å². The minimum atomic E-state index is -0.222. The second kappa shape index (κ2) is 4.08. The van der Waals surface area contributed by atoms with Crippen LogP contribution in [0.3, 0.4) is 0 Å². The molecule has 0 aliphatic heterocycles. The Morgan fingerprint density at radius 2 is 1.83 bits per heavy atom. The zero-order valence-corrected chi connectivity index (χ0v) is 12.0. The fraction of sp³-hybridized carbons (Fsp3) is 0.533. The average Bonchev–Trinajstić information content (AvgIpc) is 2.53. The van der Waals surface area contributed by atoms with Gasteiger partial charge in [-0.2, -0.15) is 0 Å². The number of aromatic nitrogens is 2. The molecule has 0 N–H and O–H groups in total. The zero-order valence-electron chi connectivity index (χ0n) is 12.0. The molecule has 1 aromatic heterocycles. The first-order valence-corrected chi connectivity index (χ1v) is 6.40. The summed E-state index contributed by atoms with van der Waals surface area (Å²) in [6.45, 7) is 12.4. The highest BCUT2D eigenvalue weighted by Crippen LogP contribution is 2.30. The molecule has 3 heteroatoms. The van der Waals surface area contributed by atoms with E-state index < -0.39 is 0 Å². The quantitative estimate of drug-likeness (QED) is 0.733. The van der Waals surface area contributed by atoms with Crippen LogP contribution in [0.5, 0.6) is 0 Å². The summed E-state index contributed by atoms with van der Waals surface area (Å²) in [5.41, 5.74) is 2.32. The molecule has 0 spiro atoms. The third kappa shape index (κ3) is 2.02. The van der Waals surface area contributed by atoms with Crippen molar-refractivity contribution in [2.45, 2.75) is 53.0 Å². The van der Waals surface area contributed by atoms with Gasteiger partial charge in [-0.25, -0.2) is 9.37 Å². The normalized spacial score (nSPS) is 12.7. The molecular formula is C15H21FN2. The lowest BCUT2D eigenvalue weighted by Crippen LogP contribution is -2.12. The van der Waals surface area contributed by atoms with Gasteiger partial charge in [-0.05, 0) is 43.9 Å². The van der Waals surface area contributed by atoms with Crippen LogP contribution in [0.2, 0.25) is 0 Å². The number of imidazole rings is 1. The van der Waals surface area contributed by atoms with E-state index in [0.29, 0.717) is 5.52 Å². The van der Waals surface area contributed by atoms with Crippen molar-refractivity contribution >= 4 is 11.0 Å². The first kappa shape index (κ1) is 13.1. The Labute approximate surface area is 108 Å². The maximum atomic E-state index is 14.2. The molecule has 98 valence electrons. The minimum absolute atomic E-state index is 0.0605. The summed E-state index contributed by atoms with van der Waals surface area (Å²) < 4.78 is 16.2. The number of fused-ring (bicyclic) bond motifs is 1. The van der Waals surface area contributed by atoms with Crippen LogP contribution >= 0.6 is 0 Å². The van der Waals surface area contributed by atoms with Crippen molar-refractivity contribution in [3.63, 3.8) is 0 Å². The van der Waals surface area contributed by atoms with Gasteiger partial charge in [0.15, 0.2) is 5.82 Å². The van der Waals surface area contributed by atoms with Gasteiger partial charge >= 0.3 is 0 Å². The van der Waals surface area contributed by atoms with Gasteiger partial charge in [0.2, 0.25) is 0 Å². The Morgan fingerprint density at radius 3 is 2.33 bits per heavy atom. The molecule has 2 nitrogen and oxygen atoms in total. The van der Waals surface area contributed by atoms with Crippen LogP contribution in [0.25, 0.3) is 11.0 Å². The third-order valence-corrected chi connectivity index (χ3v) is 3.31. The summed E-state index contributed by atoms with van der Waals surface area (Å²) in [5.74, 6) is 0.643. The van der Waals surface area contributed by atoms with Crippen molar-refractivity contribution in [3.8, 4) is 0 Å². The van der Waals surface area contributed by atoms with Gasteiger partial charge in [0.25, 0.3) is 0 Å². The summed E-state index contributed by atoms with van der Waals surface area (Å²) in [7, 11) is 0. The molecule has 0 saturated heterocycles. The maximum Gasteiger partial charge on any atom is 0.151 e. The summed E-state index contributed by atoms with van der Waals surface area (Å²) in [6, 6.07) is 3.96. The first-order valence-electron chi connectivity index (χ1n) is 6.40. The molecular weight excluding hydrogens is 227 g/mol. The number of hydrogen-bond acceptors (Lipinski definition) is 1. The van der Waals surface area contributed by atoms with E-state index in [9.17, 15) is 4.39 Å². The molecule has 0 amide bonds. The van der Waals surface area contributed by atoms with Crippen molar-refractivity contribution < 1.29 is 4.39 Å². The largest absolute Gasteiger partial charge is 0.326 e. The predicted octanol–water partition coefficient (Wildman–Crippen LogP) is 4.36. The standard InChI is InChI=1S/C15H21FN2/c1-9(2)18-10(3)17-14-12(16)7-11(8-13(14)18)15(4,5)6/h7-9H,1-6H3. The van der Waals surface area contributed by atoms with E-state index in [1.807, 2.05) is 6.92 Å². The molecule has 0 atom stereocenters. The highest BCUT2D eigenvalue weighted by atomic mass is 19.1. The molecule has 18 heavy (non-hydrogen) atoms. The average molecular weight is 248 g/mol. The molecule has 2 rings (SSSR count). The molecule has 0 radical (unpaired) electrons. The van der Waals surface area contributed by atoms with E-state index in [0.717, 1.165) is 16.9 Å². The monoisotopic (exact) mass is 248 g/mol. The van der Waals surface area contributed by atoms with E-state index >= 15 is 0 Å². The highest BCUT2D eigenvalue weighted by Gasteiger charge is 2.20. The van der Waals surface area contributed by atoms with E-state index in [1.54, 1.807) is 6.07 Å². The van der Waals surface area contributed by atoms with Gasteiger partial charge in [-0.15, -0.1) is 0 Å². The lowest BCUT2D eigenvalue weighted by molar-refractivity contribution is 0.573. The van der Waals surface area contributed by atoms with Crippen molar-refractivity contribution in [2.24, 2.45) is 0 Å². The Hall–Kier alpha value is -1.38. The molecule has 1 heterocycles. The maximum absolute atomic E-state index is 14.2. The molecule has 1 aromatic carbocycles. The molecule has 0 saturated carbocycles. The molecule has 2 aromatic rings. The number of rotatable bonds is 1. The van der Waals surface area contributed by atoms with E-state index in [1.165, 1.54) is 0 Å². The van der Waals surface area contributed by atoms with Crippen molar-refractivity contribution in [3.05, 3.63) is 29.3 Å². The molecule has 0 aliphatic rings. The van der Waals surface area contributed by atoms with E-state index in [-0.39, 0.29) is 17.3 Å². The summed E-state index contributed by atoms with van der Waals surface area (Å²) in [6.07, 6.45) is 0. The number of aryl methyl sites for hydroxylation is 1. The van der Waals surface area contributed by atoms with Gasteiger partial charge in [-0.1, -0.05) is 20.8 Å². The Kier molecular flexibility index (Phi) is 2.96. The third-order valence-electron chi connectivity index (χ3n) is 3.31. The van der Waals surface area contributed by atoms with Crippen LogP contribution in [-0.2, 0) is 5.41 Å². The van der Waals surface area contributed by atoms with Crippen LogP contribution < -0.4 is 0 Å². The fourth-order valence-corrected chi connectivity index (χ4v) is 2.35. The first-order chi connectivity index (χ1) is 8.21. The van der Waals surface area contributed by atoms with Crippen LogP contribution in [0, 0.1) is 12.7 Å². The number of hydrogen-bond donors (Lipinski definition) is 0. The SMILES string of the molecule is Cc1nc2c(F)cc(C(C)(C)C)cc2n1C(C)C. The van der Waals surface area contributed by atoms with Gasteiger partial charge in [0.05, 0.1) is 5.52 Å². The van der Waals surface area contributed by atoms with Gasteiger partial charge < -0.3 is 4.57 Å². The van der Waals surface area contributed by atoms with Crippen LogP contribution in [0.1, 0.15) is 52.0 Å². The van der Waals surface area contributed by atoms with Crippen LogP contribution in [0.15, 0.2) is 12.1 Å². The number of nitrogens with zero attached hydrogens (tertiary/aromatic N) is 2. The second-order valence-corrected chi connectivity index (χ2v) is 6.20. The summed E-state index contributed by atoms with van der Waals surface area (Å²) in [5, 5.41) is 0. The van der Waals surface area contributed by atoms with Crippen molar-refractivity contribution in [1.82, 2.24) is 9.55 Å². The van der Waals surface area contributed by atoms with Gasteiger partial charge in [-0.3, -0.25) is 0 Å². The highest BCUT2D eigenvalue weighted by molar-refractivity contribution is 5.78. The van der Waals surface area contributed by atoms with Crippen molar-refractivity contribution in [2.75, 3.05) is 0 Å². The molecule has 0 bridgehead atoms. The Bertz CT molecular complexity index is 589. The number of benzene rings is 1. The summed E-state index contributed by atoms with van der Waals surface area (Å²) in [4.78, 5) is 4.35. The lowest BCUT2D eigenvalue weighted by Gasteiger charge is -2.20. The Morgan fingerprint density at radius 1 is 1.22 bits per heavy atom. The molecule has 0 aliphatic carbocycles. The molecule has 0 unspecified atom stereocenters. The minimum Gasteiger partial charge on any atom is -0.326 e. The van der Waals surface area contributed by atoms with Gasteiger partial charge in [0.1, 0.15) is 11.3 Å². The predicted molar refractivity (Wildman–Crippen MR) is 73.5 cm³/mol. The zero-order chi connectivity index (χ0) is 13.7. The fourth-order valence-electron chi connectivity index (χ4n) is 2.35. The smallest absolute Gasteiger partial charge is 0.151 e. The van der Waals surface area contributed by atoms with Crippen LogP contribution in [0.4, 0.5) is 4.39 Å². The van der Waals surface area contributed by atoms with Crippen molar-refractivity contribution in [1.29, 1.82) is 0 Å². The Balaban J connectivity index is 2.81. The molecule has 0 fully saturated rings.